The number of carbonyl (C=O) groups is 1. The zero-order chi connectivity index (χ0) is 14.0. The Morgan fingerprint density at radius 3 is 2.68 bits per heavy atom. The second-order valence-electron chi connectivity index (χ2n) is 5.21. The predicted molar refractivity (Wildman–Crippen MR) is 71.1 cm³/mol. The van der Waals surface area contributed by atoms with Gasteiger partial charge in [0.25, 0.3) is 0 Å². The fourth-order valence-electron chi connectivity index (χ4n) is 2.46. The fraction of sp³-hybridized carbons (Fsp3) is 0.538. The number of amides is 1. The highest BCUT2D eigenvalue weighted by Crippen LogP contribution is 2.43. The third-order valence-electron chi connectivity index (χ3n) is 3.92. The zero-order valence-electron chi connectivity index (χ0n) is 10.7. The summed E-state index contributed by atoms with van der Waals surface area (Å²) in [5.74, 6) is 0. The van der Waals surface area contributed by atoms with Crippen LogP contribution in [-0.4, -0.2) is 39.3 Å². The minimum atomic E-state index is -0.907. The summed E-state index contributed by atoms with van der Waals surface area (Å²) in [4.78, 5) is 16.2. The molecule has 2 rings (SSSR count). The van der Waals surface area contributed by atoms with Crippen molar-refractivity contribution in [2.24, 2.45) is 5.41 Å². The van der Waals surface area contributed by atoms with E-state index in [1.807, 2.05) is 6.92 Å². The number of hydrogen-bond donors (Lipinski definition) is 2. The molecule has 0 saturated carbocycles. The van der Waals surface area contributed by atoms with Crippen molar-refractivity contribution in [3.63, 3.8) is 0 Å². The second-order valence-corrected chi connectivity index (χ2v) is 5.57. The van der Waals surface area contributed by atoms with Crippen molar-refractivity contribution in [2.75, 3.05) is 13.1 Å². The van der Waals surface area contributed by atoms with Gasteiger partial charge >= 0.3 is 6.09 Å². The largest absolute Gasteiger partial charge is 0.465 e. The molecule has 0 aliphatic carbocycles. The van der Waals surface area contributed by atoms with E-state index in [0.29, 0.717) is 36.6 Å². The van der Waals surface area contributed by atoms with Crippen molar-refractivity contribution < 1.29 is 15.0 Å². The van der Waals surface area contributed by atoms with Crippen LogP contribution >= 0.6 is 11.6 Å². The number of halogens is 1. The summed E-state index contributed by atoms with van der Waals surface area (Å²) in [6, 6.07) is 3.50. The molecule has 2 N–H and O–H groups in total. The van der Waals surface area contributed by atoms with E-state index in [9.17, 15) is 9.90 Å². The lowest BCUT2D eigenvalue weighted by atomic mass is 9.73. The average Bonchev–Trinajstić information content (AvgIpc) is 2.39. The van der Waals surface area contributed by atoms with Crippen LogP contribution < -0.4 is 0 Å². The van der Waals surface area contributed by atoms with E-state index in [1.165, 1.54) is 4.90 Å². The summed E-state index contributed by atoms with van der Waals surface area (Å²) >= 11 is 6.00. The quantitative estimate of drug-likeness (QED) is 0.819. The van der Waals surface area contributed by atoms with Crippen molar-refractivity contribution in [3.05, 3.63) is 29.0 Å². The molecule has 0 spiro atoms. The second kappa shape index (κ2) is 5.35. The molecule has 2 heterocycles. The summed E-state index contributed by atoms with van der Waals surface area (Å²) in [5, 5.41) is 19.8. The lowest BCUT2D eigenvalue weighted by Crippen LogP contribution is -2.43. The number of aliphatic hydroxyl groups is 1. The first-order chi connectivity index (χ1) is 8.94. The van der Waals surface area contributed by atoms with Gasteiger partial charge in [-0.15, -0.1) is 0 Å². The molecular weight excluding hydrogens is 268 g/mol. The van der Waals surface area contributed by atoms with Gasteiger partial charge in [0.15, 0.2) is 0 Å². The molecule has 1 aliphatic rings. The lowest BCUT2D eigenvalue weighted by molar-refractivity contribution is -0.00997. The van der Waals surface area contributed by atoms with E-state index in [1.54, 1.807) is 18.3 Å². The Bertz CT molecular complexity index is 473. The van der Waals surface area contributed by atoms with Crippen molar-refractivity contribution in [2.45, 2.75) is 25.9 Å². The molecule has 104 valence electrons. The van der Waals surface area contributed by atoms with Crippen LogP contribution in [0.2, 0.25) is 5.15 Å². The Balaban J connectivity index is 2.14. The molecule has 1 fully saturated rings. The summed E-state index contributed by atoms with van der Waals surface area (Å²) < 4.78 is 0. The lowest BCUT2D eigenvalue weighted by Gasteiger charge is -2.41. The third kappa shape index (κ3) is 2.82. The van der Waals surface area contributed by atoms with Crippen molar-refractivity contribution in [1.82, 2.24) is 9.88 Å². The van der Waals surface area contributed by atoms with Crippen LogP contribution in [0.3, 0.4) is 0 Å². The maximum Gasteiger partial charge on any atom is 0.407 e. The summed E-state index contributed by atoms with van der Waals surface area (Å²) in [5.41, 5.74) is 0.231. The molecule has 1 aromatic rings. The number of carboxylic acid groups (broad SMARTS) is 1. The average molecular weight is 285 g/mol. The molecule has 1 amide bonds. The van der Waals surface area contributed by atoms with E-state index in [4.69, 9.17) is 16.7 Å². The molecule has 1 unspecified atom stereocenters. The highest BCUT2D eigenvalue weighted by Gasteiger charge is 2.39. The fourth-order valence-corrected chi connectivity index (χ4v) is 2.68. The van der Waals surface area contributed by atoms with E-state index < -0.39 is 12.2 Å². The Morgan fingerprint density at radius 2 is 2.16 bits per heavy atom. The molecule has 0 bridgehead atoms. The number of aliphatic hydroxyl groups excluding tert-OH is 1. The maximum atomic E-state index is 10.9. The Hall–Kier alpha value is -1.33. The van der Waals surface area contributed by atoms with Gasteiger partial charge in [-0.2, -0.15) is 0 Å². The van der Waals surface area contributed by atoms with Gasteiger partial charge in [0.05, 0.1) is 6.10 Å². The van der Waals surface area contributed by atoms with E-state index >= 15 is 0 Å². The van der Waals surface area contributed by atoms with Crippen LogP contribution in [0.5, 0.6) is 0 Å². The Kier molecular flexibility index (Phi) is 3.96. The van der Waals surface area contributed by atoms with Gasteiger partial charge in [-0.25, -0.2) is 9.78 Å². The molecule has 19 heavy (non-hydrogen) atoms. The molecule has 1 aromatic heterocycles. The first-order valence-electron chi connectivity index (χ1n) is 6.20. The standard InChI is InChI=1S/C13H17ClN2O3/c1-13(4-7-16(8-5-13)12(18)19)10(17)9-3-2-6-15-11(9)14/h2-3,6,10,17H,4-5,7-8H2,1H3,(H,18,19). The van der Waals surface area contributed by atoms with Crippen LogP contribution in [-0.2, 0) is 0 Å². The third-order valence-corrected chi connectivity index (χ3v) is 4.23. The Labute approximate surface area is 116 Å². The number of likely N-dealkylation sites (tertiary alicyclic amines) is 1. The number of hydrogen-bond acceptors (Lipinski definition) is 3. The molecule has 1 saturated heterocycles. The highest BCUT2D eigenvalue weighted by molar-refractivity contribution is 6.30. The van der Waals surface area contributed by atoms with Crippen LogP contribution in [0.1, 0.15) is 31.4 Å². The molecule has 6 heteroatoms. The molecule has 1 aliphatic heterocycles. The smallest absolute Gasteiger partial charge is 0.407 e. The number of rotatable bonds is 2. The van der Waals surface area contributed by atoms with Gasteiger partial charge in [0, 0.05) is 30.3 Å². The topological polar surface area (TPSA) is 73.7 Å². The van der Waals surface area contributed by atoms with Gasteiger partial charge in [-0.05, 0) is 18.9 Å². The first kappa shape index (κ1) is 14.1. The summed E-state index contributed by atoms with van der Waals surface area (Å²) in [6.07, 6.45) is 1.14. The number of nitrogens with zero attached hydrogens (tertiary/aromatic N) is 2. The van der Waals surface area contributed by atoms with Crippen molar-refractivity contribution in [3.8, 4) is 0 Å². The minimum Gasteiger partial charge on any atom is -0.465 e. The Morgan fingerprint density at radius 1 is 1.53 bits per heavy atom. The van der Waals surface area contributed by atoms with Crippen LogP contribution in [0.4, 0.5) is 4.79 Å². The van der Waals surface area contributed by atoms with E-state index in [0.717, 1.165) is 0 Å². The van der Waals surface area contributed by atoms with Gasteiger partial charge < -0.3 is 15.1 Å². The summed E-state index contributed by atoms with van der Waals surface area (Å²) in [7, 11) is 0. The van der Waals surface area contributed by atoms with E-state index in [-0.39, 0.29) is 5.41 Å². The van der Waals surface area contributed by atoms with Gasteiger partial charge in [-0.1, -0.05) is 24.6 Å². The molecule has 1 atom stereocenters. The number of pyridine rings is 1. The van der Waals surface area contributed by atoms with Gasteiger partial charge in [-0.3, -0.25) is 0 Å². The molecule has 0 aromatic carbocycles. The predicted octanol–water partition coefficient (Wildman–Crippen LogP) is 2.55. The molecule has 0 radical (unpaired) electrons. The van der Waals surface area contributed by atoms with Gasteiger partial charge in [0.2, 0.25) is 0 Å². The van der Waals surface area contributed by atoms with Crippen LogP contribution in [0.25, 0.3) is 0 Å². The minimum absolute atomic E-state index is 0.303. The normalized spacial score (nSPS) is 20.1. The highest BCUT2D eigenvalue weighted by atomic mass is 35.5. The van der Waals surface area contributed by atoms with Crippen molar-refractivity contribution >= 4 is 17.7 Å². The maximum absolute atomic E-state index is 10.9. The molecular formula is C13H17ClN2O3. The number of aromatic nitrogens is 1. The SMILES string of the molecule is CC1(C(O)c2cccnc2Cl)CCN(C(=O)O)CC1. The summed E-state index contributed by atoms with van der Waals surface area (Å²) in [6.45, 7) is 2.82. The van der Waals surface area contributed by atoms with Gasteiger partial charge in [0.1, 0.15) is 5.15 Å². The van der Waals surface area contributed by atoms with E-state index in [2.05, 4.69) is 4.98 Å². The number of piperidine rings is 1. The van der Waals surface area contributed by atoms with Crippen LogP contribution in [0.15, 0.2) is 18.3 Å². The first-order valence-corrected chi connectivity index (χ1v) is 6.58. The zero-order valence-corrected chi connectivity index (χ0v) is 11.5. The molecule has 5 nitrogen and oxygen atoms in total. The van der Waals surface area contributed by atoms with Crippen molar-refractivity contribution in [1.29, 1.82) is 0 Å². The van der Waals surface area contributed by atoms with Crippen LogP contribution in [0, 0.1) is 5.41 Å². The monoisotopic (exact) mass is 284 g/mol.